The Bertz CT molecular complexity index is 135. The Morgan fingerprint density at radius 2 is 1.25 bits per heavy atom. The molecule has 0 atom stereocenters. The van der Waals surface area contributed by atoms with E-state index in [9.17, 15) is 0 Å². The molecule has 1 aliphatic carbocycles. The molecule has 0 bridgehead atoms. The average Bonchev–Trinajstić information content (AvgIpc) is 2.62. The second-order valence-electron chi connectivity index (χ2n) is 1.49. The van der Waals surface area contributed by atoms with Crippen LogP contribution in [-0.4, -0.2) is 0 Å². The summed E-state index contributed by atoms with van der Waals surface area (Å²) in [6.07, 6.45) is 13.3. The Morgan fingerprint density at radius 1 is 0.917 bits per heavy atom. The van der Waals surface area contributed by atoms with Crippen LogP contribution in [0.3, 0.4) is 0 Å². The molecule has 0 saturated heterocycles. The van der Waals surface area contributed by atoms with Gasteiger partial charge in [0.2, 0.25) is 0 Å². The van der Waals surface area contributed by atoms with Gasteiger partial charge in [0.05, 0.1) is 0 Å². The molecule has 0 aliphatic heterocycles. The molecule has 1 rings (SSSR count). The Hall–Kier alpha value is 0.228. The van der Waals surface area contributed by atoms with Crippen LogP contribution in [0.2, 0.25) is 0 Å². The van der Waals surface area contributed by atoms with E-state index < -0.39 is 16.5 Å². The van der Waals surface area contributed by atoms with Crippen molar-refractivity contribution in [2.45, 2.75) is 0 Å². The molecule has 1 radical (unpaired) electrons. The van der Waals surface area contributed by atoms with Crippen LogP contribution in [0, 0.1) is 6.42 Å². The number of halogens is 2. The molecule has 67 valence electrons. The first-order valence-corrected chi connectivity index (χ1v) is 8.29. The average molecular weight is 286 g/mol. The number of hydrogen-bond donors (Lipinski definition) is 0. The first-order valence-electron chi connectivity index (χ1n) is 3.13. The Morgan fingerprint density at radius 3 is 1.33 bits per heavy atom. The van der Waals surface area contributed by atoms with Crippen molar-refractivity contribution in [1.82, 2.24) is 0 Å². The van der Waals surface area contributed by atoms with Gasteiger partial charge in [-0.1, -0.05) is 49.6 Å². The summed E-state index contributed by atoms with van der Waals surface area (Å²) >= 11 is -0.586. The summed E-state index contributed by atoms with van der Waals surface area (Å²) in [5.74, 6) is 0. The van der Waals surface area contributed by atoms with Crippen LogP contribution in [0.1, 0.15) is 0 Å². The van der Waals surface area contributed by atoms with Gasteiger partial charge in [-0.2, -0.15) is 0 Å². The molecule has 12 heavy (non-hydrogen) atoms. The van der Waals surface area contributed by atoms with Crippen LogP contribution in [0.4, 0.5) is 0 Å². The minimum absolute atomic E-state index is 0.586. The molecular formula is C9H11Cl2Mo. The van der Waals surface area contributed by atoms with E-state index in [0.29, 0.717) is 0 Å². The zero-order chi connectivity index (χ0) is 9.66. The number of allylic oxidation sites excluding steroid dienone is 6. The Balaban J connectivity index is 0. The zero-order valence-electron chi connectivity index (χ0n) is 6.62. The normalized spacial score (nSPS) is 10.5. The van der Waals surface area contributed by atoms with Gasteiger partial charge < -0.3 is 0 Å². The molecule has 0 aromatic rings. The van der Waals surface area contributed by atoms with Gasteiger partial charge in [0.15, 0.2) is 0 Å². The van der Waals surface area contributed by atoms with Gasteiger partial charge in [-0.25, -0.2) is 0 Å². The molecule has 0 spiro atoms. The number of hydrogen-bond acceptors (Lipinski definition) is 0. The Kier molecular flexibility index (Phi) is 21.3. The molecule has 1 aliphatic rings. The standard InChI is InChI=1S/C5H5.C4H6.2ClH.Mo/c1-2-4-5-3-1;1-3-4-2;;;/h1-5H;3-4H,1-2H2;2*1H;/q;;;;+2/p-2. The van der Waals surface area contributed by atoms with Gasteiger partial charge in [-0.05, 0) is 0 Å². The SMILES string of the molecule is C=CC=C.[CH]1C=CC=C1.[Cl][Mo][Cl]. The summed E-state index contributed by atoms with van der Waals surface area (Å²) in [4.78, 5) is 0. The van der Waals surface area contributed by atoms with Crippen molar-refractivity contribution in [3.63, 3.8) is 0 Å². The van der Waals surface area contributed by atoms with Crippen molar-refractivity contribution < 1.29 is 16.5 Å². The predicted octanol–water partition coefficient (Wildman–Crippen LogP) is 4.05. The summed E-state index contributed by atoms with van der Waals surface area (Å²) in [5, 5.41) is 0. The maximum absolute atomic E-state index is 4.89. The van der Waals surface area contributed by atoms with Crippen LogP contribution >= 0.6 is 18.8 Å². The zero-order valence-corrected chi connectivity index (χ0v) is 10.1. The fourth-order valence-corrected chi connectivity index (χ4v) is 0.321. The quantitative estimate of drug-likeness (QED) is 0.504. The summed E-state index contributed by atoms with van der Waals surface area (Å²) in [7, 11) is 9.79. The van der Waals surface area contributed by atoms with Crippen molar-refractivity contribution in [2.24, 2.45) is 0 Å². The van der Waals surface area contributed by atoms with Gasteiger partial charge in [-0.15, -0.1) is 0 Å². The van der Waals surface area contributed by atoms with E-state index in [1.807, 2.05) is 30.7 Å². The summed E-state index contributed by atoms with van der Waals surface area (Å²) < 4.78 is 0. The van der Waals surface area contributed by atoms with Gasteiger partial charge >= 0.3 is 35.3 Å². The second-order valence-corrected chi connectivity index (χ2v) is 4.54. The molecule has 3 heteroatoms. The molecule has 0 aromatic heterocycles. The van der Waals surface area contributed by atoms with E-state index in [4.69, 9.17) is 18.8 Å². The molecule has 0 aromatic carbocycles. The summed E-state index contributed by atoms with van der Waals surface area (Å²) in [6, 6.07) is 0. The van der Waals surface area contributed by atoms with E-state index >= 15 is 0 Å². The van der Waals surface area contributed by atoms with Gasteiger partial charge in [-0.3, -0.25) is 0 Å². The van der Waals surface area contributed by atoms with Crippen molar-refractivity contribution in [3.05, 3.63) is 56.0 Å². The first kappa shape index (κ1) is 14.7. The van der Waals surface area contributed by atoms with Crippen LogP contribution in [0.15, 0.2) is 49.6 Å². The van der Waals surface area contributed by atoms with Crippen LogP contribution in [0.25, 0.3) is 0 Å². The topological polar surface area (TPSA) is 0 Å². The molecule has 0 heterocycles. The van der Waals surface area contributed by atoms with Gasteiger partial charge in [0.1, 0.15) is 0 Å². The molecule has 0 fully saturated rings. The molecule has 0 N–H and O–H groups in total. The third-order valence-electron chi connectivity index (χ3n) is 0.722. The van der Waals surface area contributed by atoms with E-state index in [0.717, 1.165) is 0 Å². The first-order chi connectivity index (χ1) is 5.83. The monoisotopic (exact) mass is 287 g/mol. The molecule has 0 saturated carbocycles. The van der Waals surface area contributed by atoms with Crippen molar-refractivity contribution in [3.8, 4) is 0 Å². The summed E-state index contributed by atoms with van der Waals surface area (Å²) in [5.41, 5.74) is 0. The van der Waals surface area contributed by atoms with Crippen molar-refractivity contribution in [2.75, 3.05) is 0 Å². The molecular weight excluding hydrogens is 275 g/mol. The van der Waals surface area contributed by atoms with Crippen LogP contribution in [-0.2, 0) is 16.5 Å². The van der Waals surface area contributed by atoms with Crippen molar-refractivity contribution in [1.29, 1.82) is 0 Å². The maximum atomic E-state index is 4.89. The predicted molar refractivity (Wildman–Crippen MR) is 54.7 cm³/mol. The fourth-order valence-electron chi connectivity index (χ4n) is 0.321. The molecule has 0 nitrogen and oxygen atoms in total. The third-order valence-corrected chi connectivity index (χ3v) is 0.722. The van der Waals surface area contributed by atoms with E-state index in [-0.39, 0.29) is 0 Å². The molecule has 0 unspecified atom stereocenters. The number of rotatable bonds is 1. The van der Waals surface area contributed by atoms with Gasteiger partial charge in [0, 0.05) is 6.42 Å². The summed E-state index contributed by atoms with van der Waals surface area (Å²) in [6.45, 7) is 6.72. The van der Waals surface area contributed by atoms with E-state index in [2.05, 4.69) is 13.2 Å². The minimum atomic E-state index is -0.586. The Labute approximate surface area is 91.0 Å². The fraction of sp³-hybridized carbons (Fsp3) is 0. The van der Waals surface area contributed by atoms with Crippen LogP contribution < -0.4 is 0 Å². The third kappa shape index (κ3) is 22.5. The second kappa shape index (κ2) is 17.4. The van der Waals surface area contributed by atoms with Gasteiger partial charge in [0.25, 0.3) is 0 Å². The van der Waals surface area contributed by atoms with E-state index in [1.165, 1.54) is 0 Å². The van der Waals surface area contributed by atoms with Crippen molar-refractivity contribution >= 4 is 18.8 Å². The van der Waals surface area contributed by atoms with E-state index in [1.54, 1.807) is 12.2 Å². The van der Waals surface area contributed by atoms with Crippen LogP contribution in [0.5, 0.6) is 0 Å². The molecule has 0 amide bonds.